The quantitative estimate of drug-likeness (QED) is 0.536. The molecule has 0 aromatic heterocycles. The summed E-state index contributed by atoms with van der Waals surface area (Å²) in [7, 11) is 6.31. The summed E-state index contributed by atoms with van der Waals surface area (Å²) in [6, 6.07) is 20.5. The molecule has 33 heavy (non-hydrogen) atoms. The number of benzene rings is 3. The summed E-state index contributed by atoms with van der Waals surface area (Å²) >= 11 is 0. The van der Waals surface area contributed by atoms with Crippen LogP contribution in [0.4, 0.5) is 11.4 Å². The minimum Gasteiger partial charge on any atom is -0.493 e. The Hall–Kier alpha value is -4.13. The van der Waals surface area contributed by atoms with Crippen molar-refractivity contribution >= 4 is 17.3 Å². The summed E-state index contributed by atoms with van der Waals surface area (Å²) in [5.41, 5.74) is 2.87. The van der Waals surface area contributed by atoms with Crippen LogP contribution in [-0.2, 0) is 4.79 Å². The van der Waals surface area contributed by atoms with Gasteiger partial charge in [0.15, 0.2) is 23.0 Å². The van der Waals surface area contributed by atoms with Crippen LogP contribution < -0.4 is 29.2 Å². The van der Waals surface area contributed by atoms with Crippen molar-refractivity contribution in [2.75, 3.05) is 38.7 Å². The second-order valence-electron chi connectivity index (χ2n) is 7.35. The Bertz CT molecular complexity index is 1180. The predicted octanol–water partition coefficient (Wildman–Crippen LogP) is 4.80. The van der Waals surface area contributed by atoms with E-state index in [1.165, 1.54) is 0 Å². The number of anilines is 2. The SMILES string of the molecule is COc1ccc(NC2=C[C@@H](c3ccccc3)N(c3ccc(OC)c(OC)c3)C2=O)cc1OC. The fraction of sp³-hybridized carbons (Fsp3) is 0.192. The van der Waals surface area contributed by atoms with E-state index in [4.69, 9.17) is 18.9 Å². The number of nitrogens with one attached hydrogen (secondary N) is 1. The Labute approximate surface area is 193 Å². The molecule has 4 rings (SSSR count). The molecule has 0 bridgehead atoms. The lowest BCUT2D eigenvalue weighted by molar-refractivity contribution is -0.114. The van der Waals surface area contributed by atoms with E-state index >= 15 is 0 Å². The van der Waals surface area contributed by atoms with E-state index < -0.39 is 0 Å². The summed E-state index contributed by atoms with van der Waals surface area (Å²) in [5.74, 6) is 2.18. The molecule has 0 unspecified atom stereocenters. The zero-order valence-corrected chi connectivity index (χ0v) is 19.0. The molecule has 1 amide bonds. The molecule has 0 spiro atoms. The average Bonchev–Trinajstić information content (AvgIpc) is 3.19. The van der Waals surface area contributed by atoms with E-state index in [1.54, 1.807) is 57.6 Å². The van der Waals surface area contributed by atoms with Gasteiger partial charge in [-0.3, -0.25) is 9.69 Å². The van der Waals surface area contributed by atoms with Crippen molar-refractivity contribution in [3.05, 3.63) is 84.1 Å². The Balaban J connectivity index is 1.72. The number of carbonyl (C=O) groups excluding carboxylic acids is 1. The standard InChI is InChI=1S/C26H26N2O5/c1-30-22-12-10-18(14-24(22)32-3)27-20-16-21(17-8-6-5-7-9-17)28(26(20)29)19-11-13-23(31-2)25(15-19)33-4/h5-16,21,27H,1-4H3/t21-/m0/s1. The molecular formula is C26H26N2O5. The van der Waals surface area contributed by atoms with Gasteiger partial charge in [-0.25, -0.2) is 0 Å². The van der Waals surface area contributed by atoms with Crippen LogP contribution in [0.25, 0.3) is 0 Å². The summed E-state index contributed by atoms with van der Waals surface area (Å²) in [6.07, 6.45) is 1.92. The molecule has 1 heterocycles. The van der Waals surface area contributed by atoms with E-state index in [-0.39, 0.29) is 11.9 Å². The van der Waals surface area contributed by atoms with Crippen LogP contribution in [0.3, 0.4) is 0 Å². The molecule has 1 N–H and O–H groups in total. The third kappa shape index (κ3) is 4.30. The van der Waals surface area contributed by atoms with Gasteiger partial charge in [0.2, 0.25) is 0 Å². The van der Waals surface area contributed by atoms with Crippen LogP contribution in [0.1, 0.15) is 11.6 Å². The fourth-order valence-corrected chi connectivity index (χ4v) is 3.87. The molecule has 0 saturated carbocycles. The Morgan fingerprint density at radius 3 is 1.97 bits per heavy atom. The average molecular weight is 447 g/mol. The predicted molar refractivity (Wildman–Crippen MR) is 127 cm³/mol. The van der Waals surface area contributed by atoms with Gasteiger partial charge < -0.3 is 24.3 Å². The highest BCUT2D eigenvalue weighted by Crippen LogP contribution is 2.40. The van der Waals surface area contributed by atoms with Crippen molar-refractivity contribution in [1.29, 1.82) is 0 Å². The molecule has 0 fully saturated rings. The first-order valence-corrected chi connectivity index (χ1v) is 10.4. The zero-order valence-electron chi connectivity index (χ0n) is 19.0. The first-order valence-electron chi connectivity index (χ1n) is 10.4. The number of hydrogen-bond acceptors (Lipinski definition) is 6. The Kier molecular flexibility index (Phi) is 6.40. The van der Waals surface area contributed by atoms with Gasteiger partial charge in [0.1, 0.15) is 5.70 Å². The highest BCUT2D eigenvalue weighted by atomic mass is 16.5. The molecule has 3 aromatic carbocycles. The number of ether oxygens (including phenoxy) is 4. The number of methoxy groups -OCH3 is 4. The maximum Gasteiger partial charge on any atom is 0.275 e. The Morgan fingerprint density at radius 1 is 0.727 bits per heavy atom. The number of amides is 1. The van der Waals surface area contributed by atoms with Crippen molar-refractivity contribution < 1.29 is 23.7 Å². The maximum absolute atomic E-state index is 13.6. The molecule has 7 nitrogen and oxygen atoms in total. The van der Waals surface area contributed by atoms with Gasteiger partial charge in [-0.15, -0.1) is 0 Å². The molecule has 0 aliphatic carbocycles. The van der Waals surface area contributed by atoms with Gasteiger partial charge in [0, 0.05) is 23.5 Å². The fourth-order valence-electron chi connectivity index (χ4n) is 3.87. The molecule has 3 aromatic rings. The summed E-state index contributed by atoms with van der Waals surface area (Å²) in [5, 5.41) is 3.25. The molecule has 0 radical (unpaired) electrons. The van der Waals surface area contributed by atoms with Crippen LogP contribution in [0.2, 0.25) is 0 Å². The molecule has 7 heteroatoms. The normalized spacial score (nSPS) is 15.2. The molecule has 170 valence electrons. The van der Waals surface area contributed by atoms with Crippen LogP contribution in [0, 0.1) is 0 Å². The summed E-state index contributed by atoms with van der Waals surface area (Å²) < 4.78 is 21.5. The van der Waals surface area contributed by atoms with Gasteiger partial charge in [-0.1, -0.05) is 30.3 Å². The second kappa shape index (κ2) is 9.56. The smallest absolute Gasteiger partial charge is 0.275 e. The van der Waals surface area contributed by atoms with E-state index in [0.717, 1.165) is 5.56 Å². The third-order valence-corrected chi connectivity index (χ3v) is 5.50. The van der Waals surface area contributed by atoms with E-state index in [0.29, 0.717) is 40.1 Å². The first kappa shape index (κ1) is 22.1. The van der Waals surface area contributed by atoms with Gasteiger partial charge in [0.05, 0.1) is 34.5 Å². The minimum absolute atomic E-state index is 0.161. The van der Waals surface area contributed by atoms with Crippen molar-refractivity contribution in [3.8, 4) is 23.0 Å². The minimum atomic E-state index is -0.292. The van der Waals surface area contributed by atoms with Gasteiger partial charge >= 0.3 is 0 Å². The molecule has 1 aliphatic rings. The van der Waals surface area contributed by atoms with Gasteiger partial charge in [-0.2, -0.15) is 0 Å². The van der Waals surface area contributed by atoms with Crippen molar-refractivity contribution in [3.63, 3.8) is 0 Å². The lowest BCUT2D eigenvalue weighted by Gasteiger charge is -2.26. The second-order valence-corrected chi connectivity index (χ2v) is 7.35. The zero-order chi connectivity index (χ0) is 23.4. The van der Waals surface area contributed by atoms with Gasteiger partial charge in [0.25, 0.3) is 5.91 Å². The van der Waals surface area contributed by atoms with Crippen LogP contribution in [0.5, 0.6) is 23.0 Å². The van der Waals surface area contributed by atoms with E-state index in [1.807, 2.05) is 48.5 Å². The lowest BCUT2D eigenvalue weighted by Crippen LogP contribution is -2.30. The number of carbonyl (C=O) groups is 1. The lowest BCUT2D eigenvalue weighted by atomic mass is 10.1. The van der Waals surface area contributed by atoms with Crippen molar-refractivity contribution in [1.82, 2.24) is 0 Å². The summed E-state index contributed by atoms with van der Waals surface area (Å²) in [4.78, 5) is 15.3. The summed E-state index contributed by atoms with van der Waals surface area (Å²) in [6.45, 7) is 0. The van der Waals surface area contributed by atoms with Gasteiger partial charge in [-0.05, 0) is 35.9 Å². The number of rotatable bonds is 8. The highest BCUT2D eigenvalue weighted by molar-refractivity contribution is 6.11. The number of hydrogen-bond donors (Lipinski definition) is 1. The van der Waals surface area contributed by atoms with Crippen molar-refractivity contribution in [2.24, 2.45) is 0 Å². The topological polar surface area (TPSA) is 69.3 Å². The largest absolute Gasteiger partial charge is 0.493 e. The van der Waals surface area contributed by atoms with Crippen LogP contribution in [-0.4, -0.2) is 34.3 Å². The molecule has 1 aliphatic heterocycles. The van der Waals surface area contributed by atoms with E-state index in [9.17, 15) is 4.79 Å². The third-order valence-electron chi connectivity index (χ3n) is 5.50. The molecule has 0 saturated heterocycles. The molecule has 1 atom stereocenters. The highest BCUT2D eigenvalue weighted by Gasteiger charge is 2.35. The maximum atomic E-state index is 13.6. The van der Waals surface area contributed by atoms with Crippen LogP contribution in [0.15, 0.2) is 78.5 Å². The molecular weight excluding hydrogens is 420 g/mol. The Morgan fingerprint density at radius 2 is 1.33 bits per heavy atom. The van der Waals surface area contributed by atoms with Crippen molar-refractivity contribution in [2.45, 2.75) is 6.04 Å². The number of nitrogens with zero attached hydrogens (tertiary/aromatic N) is 1. The van der Waals surface area contributed by atoms with E-state index in [2.05, 4.69) is 5.32 Å². The van der Waals surface area contributed by atoms with Crippen LogP contribution >= 0.6 is 0 Å². The first-order chi connectivity index (χ1) is 16.1. The monoisotopic (exact) mass is 446 g/mol.